The van der Waals surface area contributed by atoms with E-state index in [9.17, 15) is 4.39 Å². The summed E-state index contributed by atoms with van der Waals surface area (Å²) < 4.78 is 14.7. The highest BCUT2D eigenvalue weighted by molar-refractivity contribution is 5.67. The first-order valence-electron chi connectivity index (χ1n) is 6.75. The van der Waals surface area contributed by atoms with Gasteiger partial charge in [-0.05, 0) is 42.3 Å². The zero-order valence-electron chi connectivity index (χ0n) is 12.0. The first-order valence-corrected chi connectivity index (χ1v) is 6.75. The monoisotopic (exact) mass is 281 g/mol. The van der Waals surface area contributed by atoms with Crippen LogP contribution in [0.1, 0.15) is 5.69 Å². The van der Waals surface area contributed by atoms with Gasteiger partial charge in [-0.3, -0.25) is 4.68 Å². The molecule has 0 unspecified atom stereocenters. The maximum atomic E-state index is 12.9. The summed E-state index contributed by atoms with van der Waals surface area (Å²) in [4.78, 5) is 0. The van der Waals surface area contributed by atoms with Crippen molar-refractivity contribution in [1.82, 2.24) is 9.78 Å². The SMILES string of the molecule is Cc1cc(Nc2ccc(-c3ccc(F)cc3)cc2)n(C)n1. The van der Waals surface area contributed by atoms with Crippen molar-refractivity contribution in [2.75, 3.05) is 5.32 Å². The summed E-state index contributed by atoms with van der Waals surface area (Å²) in [6.45, 7) is 1.96. The molecule has 0 saturated heterocycles. The molecule has 106 valence electrons. The molecule has 3 nitrogen and oxygen atoms in total. The van der Waals surface area contributed by atoms with Gasteiger partial charge in [0, 0.05) is 18.8 Å². The van der Waals surface area contributed by atoms with Crippen molar-refractivity contribution in [3.05, 3.63) is 66.1 Å². The van der Waals surface area contributed by atoms with E-state index in [-0.39, 0.29) is 5.82 Å². The number of hydrogen-bond acceptors (Lipinski definition) is 2. The highest BCUT2D eigenvalue weighted by Crippen LogP contribution is 2.23. The topological polar surface area (TPSA) is 29.9 Å². The number of hydrogen-bond donors (Lipinski definition) is 1. The molecule has 21 heavy (non-hydrogen) atoms. The summed E-state index contributed by atoms with van der Waals surface area (Å²) >= 11 is 0. The highest BCUT2D eigenvalue weighted by Gasteiger charge is 2.03. The Labute approximate surface area is 123 Å². The van der Waals surface area contributed by atoms with Crippen LogP contribution in [0.4, 0.5) is 15.9 Å². The molecule has 0 aliphatic heterocycles. The van der Waals surface area contributed by atoms with E-state index in [4.69, 9.17) is 0 Å². The largest absolute Gasteiger partial charge is 0.340 e. The van der Waals surface area contributed by atoms with Gasteiger partial charge in [-0.15, -0.1) is 0 Å². The van der Waals surface area contributed by atoms with E-state index >= 15 is 0 Å². The molecule has 1 heterocycles. The lowest BCUT2D eigenvalue weighted by Crippen LogP contribution is -1.98. The molecule has 0 spiro atoms. The third kappa shape index (κ3) is 2.94. The van der Waals surface area contributed by atoms with E-state index in [0.29, 0.717) is 0 Å². The minimum atomic E-state index is -0.219. The van der Waals surface area contributed by atoms with Crippen LogP contribution in [0, 0.1) is 12.7 Å². The lowest BCUT2D eigenvalue weighted by atomic mass is 10.1. The van der Waals surface area contributed by atoms with Crippen molar-refractivity contribution in [3.8, 4) is 11.1 Å². The van der Waals surface area contributed by atoms with E-state index in [2.05, 4.69) is 10.4 Å². The average Bonchev–Trinajstić information content (AvgIpc) is 2.79. The van der Waals surface area contributed by atoms with Gasteiger partial charge in [-0.2, -0.15) is 5.10 Å². The fraction of sp³-hybridized carbons (Fsp3) is 0.118. The first kappa shape index (κ1) is 13.4. The van der Waals surface area contributed by atoms with Crippen molar-refractivity contribution < 1.29 is 4.39 Å². The lowest BCUT2D eigenvalue weighted by Gasteiger charge is -2.07. The van der Waals surface area contributed by atoms with Crippen molar-refractivity contribution >= 4 is 11.5 Å². The molecular weight excluding hydrogens is 265 g/mol. The number of benzene rings is 2. The molecule has 0 saturated carbocycles. The van der Waals surface area contributed by atoms with Crippen molar-refractivity contribution in [1.29, 1.82) is 0 Å². The third-order valence-electron chi connectivity index (χ3n) is 3.34. The molecule has 3 rings (SSSR count). The molecule has 1 aromatic heterocycles. The lowest BCUT2D eigenvalue weighted by molar-refractivity contribution is 0.628. The van der Waals surface area contributed by atoms with Crippen LogP contribution in [0.3, 0.4) is 0 Å². The van der Waals surface area contributed by atoms with Gasteiger partial charge < -0.3 is 5.32 Å². The molecule has 0 radical (unpaired) electrons. The van der Waals surface area contributed by atoms with Crippen molar-refractivity contribution in [2.45, 2.75) is 6.92 Å². The van der Waals surface area contributed by atoms with Crippen LogP contribution in [0.25, 0.3) is 11.1 Å². The van der Waals surface area contributed by atoms with E-state index in [1.165, 1.54) is 12.1 Å². The summed E-state index contributed by atoms with van der Waals surface area (Å²) in [5.74, 6) is 0.727. The van der Waals surface area contributed by atoms with Gasteiger partial charge in [0.15, 0.2) is 0 Å². The van der Waals surface area contributed by atoms with Gasteiger partial charge in [0.1, 0.15) is 11.6 Å². The Morgan fingerprint density at radius 2 is 1.52 bits per heavy atom. The highest BCUT2D eigenvalue weighted by atomic mass is 19.1. The molecule has 0 fully saturated rings. The van der Waals surface area contributed by atoms with E-state index < -0.39 is 0 Å². The molecule has 0 atom stereocenters. The zero-order valence-corrected chi connectivity index (χ0v) is 12.0. The number of rotatable bonds is 3. The van der Waals surface area contributed by atoms with Gasteiger partial charge >= 0.3 is 0 Å². The van der Waals surface area contributed by atoms with Crippen LogP contribution in [0.15, 0.2) is 54.6 Å². The van der Waals surface area contributed by atoms with Gasteiger partial charge in [-0.1, -0.05) is 24.3 Å². The van der Waals surface area contributed by atoms with Crippen LogP contribution in [0.5, 0.6) is 0 Å². The predicted molar refractivity (Wildman–Crippen MR) is 83.1 cm³/mol. The van der Waals surface area contributed by atoms with Crippen LogP contribution in [-0.4, -0.2) is 9.78 Å². The van der Waals surface area contributed by atoms with Gasteiger partial charge in [0.25, 0.3) is 0 Å². The number of nitrogens with one attached hydrogen (secondary N) is 1. The summed E-state index contributed by atoms with van der Waals surface area (Å²) in [5.41, 5.74) is 4.02. The maximum absolute atomic E-state index is 12.9. The Hall–Kier alpha value is -2.62. The van der Waals surface area contributed by atoms with E-state index in [1.54, 1.807) is 12.1 Å². The second-order valence-corrected chi connectivity index (χ2v) is 5.00. The van der Waals surface area contributed by atoms with Gasteiger partial charge in [-0.25, -0.2) is 4.39 Å². The molecule has 2 aromatic carbocycles. The fourth-order valence-electron chi connectivity index (χ4n) is 2.26. The fourth-order valence-corrected chi connectivity index (χ4v) is 2.26. The van der Waals surface area contributed by atoms with Crippen molar-refractivity contribution in [2.24, 2.45) is 7.05 Å². The van der Waals surface area contributed by atoms with Crippen LogP contribution < -0.4 is 5.32 Å². The normalized spacial score (nSPS) is 10.6. The van der Waals surface area contributed by atoms with E-state index in [1.807, 2.05) is 49.0 Å². The summed E-state index contributed by atoms with van der Waals surface area (Å²) in [6, 6.07) is 16.5. The first-order chi connectivity index (χ1) is 10.1. The third-order valence-corrected chi connectivity index (χ3v) is 3.34. The molecule has 0 amide bonds. The Morgan fingerprint density at radius 3 is 2.05 bits per heavy atom. The predicted octanol–water partition coefficient (Wildman–Crippen LogP) is 4.28. The second kappa shape index (κ2) is 5.40. The van der Waals surface area contributed by atoms with E-state index in [0.717, 1.165) is 28.3 Å². The number of aromatic nitrogens is 2. The second-order valence-electron chi connectivity index (χ2n) is 5.00. The average molecular weight is 281 g/mol. The van der Waals surface area contributed by atoms with Crippen LogP contribution in [-0.2, 0) is 7.05 Å². The van der Waals surface area contributed by atoms with Gasteiger partial charge in [0.05, 0.1) is 5.69 Å². The number of aryl methyl sites for hydroxylation is 2. The quantitative estimate of drug-likeness (QED) is 0.776. The van der Waals surface area contributed by atoms with Gasteiger partial charge in [0.2, 0.25) is 0 Å². The number of halogens is 1. The molecule has 1 N–H and O–H groups in total. The number of nitrogens with zero attached hydrogens (tertiary/aromatic N) is 2. The zero-order chi connectivity index (χ0) is 14.8. The smallest absolute Gasteiger partial charge is 0.128 e. The summed E-state index contributed by atoms with van der Waals surface area (Å²) in [7, 11) is 1.90. The Morgan fingerprint density at radius 1 is 0.952 bits per heavy atom. The molecule has 3 aromatic rings. The van der Waals surface area contributed by atoms with Crippen LogP contribution >= 0.6 is 0 Å². The summed E-state index contributed by atoms with van der Waals surface area (Å²) in [6.07, 6.45) is 0. The summed E-state index contributed by atoms with van der Waals surface area (Å²) in [5, 5.41) is 7.62. The standard InChI is InChI=1S/C17H16FN3/c1-12-11-17(21(2)20-12)19-16-9-5-14(6-10-16)13-3-7-15(18)8-4-13/h3-11,19H,1-2H3. The number of anilines is 2. The molecule has 0 aliphatic carbocycles. The molecule has 0 bridgehead atoms. The minimum Gasteiger partial charge on any atom is -0.340 e. The van der Waals surface area contributed by atoms with Crippen molar-refractivity contribution in [3.63, 3.8) is 0 Å². The molecule has 0 aliphatic rings. The minimum absolute atomic E-state index is 0.219. The maximum Gasteiger partial charge on any atom is 0.128 e. The molecular formula is C17H16FN3. The Balaban J connectivity index is 1.81. The Bertz CT molecular complexity index is 743. The Kier molecular flexibility index (Phi) is 3.44. The van der Waals surface area contributed by atoms with Crippen LogP contribution in [0.2, 0.25) is 0 Å². The molecule has 4 heteroatoms.